The van der Waals surface area contributed by atoms with Crippen LogP contribution in [0.3, 0.4) is 0 Å². The molecule has 148 valence electrons. The molecular weight excluding hydrogens is 328 g/mol. The molecule has 0 amide bonds. The Morgan fingerprint density at radius 2 is 1.85 bits per heavy atom. The first-order valence-electron chi connectivity index (χ1n) is 9.76. The first kappa shape index (κ1) is 22.1. The minimum absolute atomic E-state index is 0.612. The molecule has 0 saturated carbocycles. The normalized spacial score (nSPS) is 11.5. The Labute approximate surface area is 159 Å². The van der Waals surface area contributed by atoms with E-state index in [4.69, 9.17) is 9.47 Å². The van der Waals surface area contributed by atoms with Gasteiger partial charge in [-0.15, -0.1) is 0 Å². The lowest BCUT2D eigenvalue weighted by atomic mass is 10.2. The number of guanidine groups is 1. The Balaban J connectivity index is 2.61. The molecule has 1 aromatic carbocycles. The van der Waals surface area contributed by atoms with Crippen molar-refractivity contribution in [1.82, 2.24) is 10.2 Å². The Morgan fingerprint density at radius 1 is 1.08 bits per heavy atom. The molecule has 1 aromatic rings. The topological polar surface area (TPSA) is 58.1 Å². The maximum absolute atomic E-state index is 5.56. The van der Waals surface area contributed by atoms with Gasteiger partial charge in [-0.1, -0.05) is 13.8 Å². The molecule has 6 nitrogen and oxygen atoms in total. The maximum atomic E-state index is 5.56. The first-order valence-corrected chi connectivity index (χ1v) is 9.76. The Morgan fingerprint density at radius 3 is 2.46 bits per heavy atom. The van der Waals surface area contributed by atoms with Crippen molar-refractivity contribution in [3.8, 4) is 11.5 Å². The molecule has 0 aliphatic rings. The van der Waals surface area contributed by atoms with Crippen molar-refractivity contribution in [3.63, 3.8) is 0 Å². The van der Waals surface area contributed by atoms with E-state index in [1.807, 2.05) is 25.1 Å². The Bertz CT molecular complexity index is 531. The highest BCUT2D eigenvalue weighted by molar-refractivity contribution is 5.93. The average Bonchev–Trinajstić information content (AvgIpc) is 2.66. The summed E-state index contributed by atoms with van der Waals surface area (Å²) in [7, 11) is 1.65. The van der Waals surface area contributed by atoms with Crippen molar-refractivity contribution in [1.29, 1.82) is 0 Å². The van der Waals surface area contributed by atoms with E-state index in [0.29, 0.717) is 12.4 Å². The van der Waals surface area contributed by atoms with Crippen LogP contribution in [-0.2, 0) is 0 Å². The monoisotopic (exact) mass is 364 g/mol. The molecule has 0 aliphatic heterocycles. The second kappa shape index (κ2) is 13.3. The highest BCUT2D eigenvalue weighted by Gasteiger charge is 2.07. The molecule has 26 heavy (non-hydrogen) atoms. The Kier molecular flexibility index (Phi) is 11.3. The van der Waals surface area contributed by atoms with Crippen LogP contribution in [0.5, 0.6) is 11.5 Å². The number of rotatable bonds is 12. The second-order valence-electron chi connectivity index (χ2n) is 5.92. The summed E-state index contributed by atoms with van der Waals surface area (Å²) in [5.41, 5.74) is 0.924. The molecule has 6 heteroatoms. The van der Waals surface area contributed by atoms with Crippen molar-refractivity contribution in [3.05, 3.63) is 18.2 Å². The third kappa shape index (κ3) is 7.95. The maximum Gasteiger partial charge on any atom is 0.195 e. The largest absolute Gasteiger partial charge is 0.493 e. The molecular formula is C20H36N4O2. The van der Waals surface area contributed by atoms with Crippen molar-refractivity contribution in [2.45, 2.75) is 40.5 Å². The minimum atomic E-state index is 0.612. The van der Waals surface area contributed by atoms with E-state index in [2.05, 4.69) is 41.3 Å². The van der Waals surface area contributed by atoms with Crippen molar-refractivity contribution < 1.29 is 9.47 Å². The summed E-state index contributed by atoms with van der Waals surface area (Å²) in [6.07, 6.45) is 2.25. The number of benzene rings is 1. The summed E-state index contributed by atoms with van der Waals surface area (Å²) < 4.78 is 11.0. The number of hydrogen-bond donors (Lipinski definition) is 2. The number of methoxy groups -OCH3 is 1. The fraction of sp³-hybridized carbons (Fsp3) is 0.650. The smallest absolute Gasteiger partial charge is 0.195 e. The van der Waals surface area contributed by atoms with Gasteiger partial charge in [-0.05, 0) is 58.5 Å². The molecule has 0 atom stereocenters. The number of ether oxygens (including phenoxy) is 2. The van der Waals surface area contributed by atoms with Crippen LogP contribution < -0.4 is 20.1 Å². The van der Waals surface area contributed by atoms with E-state index < -0.39 is 0 Å². The zero-order valence-corrected chi connectivity index (χ0v) is 17.1. The SMILES string of the molecule is CCNC(=NCCCCN(CC)CC)Nc1ccc(OCC)c(OC)c1. The highest BCUT2D eigenvalue weighted by Crippen LogP contribution is 2.30. The fourth-order valence-electron chi connectivity index (χ4n) is 2.64. The van der Waals surface area contributed by atoms with Crippen molar-refractivity contribution in [2.75, 3.05) is 51.8 Å². The summed E-state index contributed by atoms with van der Waals surface area (Å²) >= 11 is 0. The van der Waals surface area contributed by atoms with Crippen LogP contribution in [0, 0.1) is 0 Å². The zero-order chi connectivity index (χ0) is 19.2. The number of aliphatic imine (C=N–C) groups is 1. The predicted octanol–water partition coefficient (Wildman–Crippen LogP) is 3.59. The van der Waals surface area contributed by atoms with Gasteiger partial charge in [-0.2, -0.15) is 0 Å². The standard InChI is InChI=1S/C20H36N4O2/c1-6-21-20(22-14-10-11-15-24(7-2)8-3)23-17-12-13-18(26-9-4)19(16-17)25-5/h12-13,16H,6-11,14-15H2,1-5H3,(H2,21,22,23). The van der Waals surface area contributed by atoms with E-state index in [-0.39, 0.29) is 0 Å². The molecule has 0 radical (unpaired) electrons. The first-order chi connectivity index (χ1) is 12.7. The van der Waals surface area contributed by atoms with Crippen LogP contribution in [0.4, 0.5) is 5.69 Å². The lowest BCUT2D eigenvalue weighted by molar-refractivity contribution is 0.298. The third-order valence-corrected chi connectivity index (χ3v) is 4.12. The number of hydrogen-bond acceptors (Lipinski definition) is 4. The van der Waals surface area contributed by atoms with E-state index in [9.17, 15) is 0 Å². The lowest BCUT2D eigenvalue weighted by Gasteiger charge is -2.17. The molecule has 0 saturated heterocycles. The van der Waals surface area contributed by atoms with Crippen molar-refractivity contribution >= 4 is 11.6 Å². The summed E-state index contributed by atoms with van der Waals surface area (Å²) in [6.45, 7) is 14.1. The molecule has 0 fully saturated rings. The molecule has 0 bridgehead atoms. The van der Waals surface area contributed by atoms with Gasteiger partial charge in [0, 0.05) is 24.8 Å². The van der Waals surface area contributed by atoms with Crippen LogP contribution in [0.25, 0.3) is 0 Å². The molecule has 0 heterocycles. The molecule has 0 aromatic heterocycles. The van der Waals surface area contributed by atoms with Gasteiger partial charge < -0.3 is 25.0 Å². The van der Waals surface area contributed by atoms with Gasteiger partial charge in [-0.3, -0.25) is 4.99 Å². The zero-order valence-electron chi connectivity index (χ0n) is 17.1. The summed E-state index contributed by atoms with van der Waals surface area (Å²) in [6, 6.07) is 5.82. The van der Waals surface area contributed by atoms with E-state index in [1.165, 1.54) is 6.42 Å². The molecule has 0 unspecified atom stereocenters. The van der Waals surface area contributed by atoms with Crippen LogP contribution in [0.2, 0.25) is 0 Å². The van der Waals surface area contributed by atoms with Gasteiger partial charge in [0.25, 0.3) is 0 Å². The number of anilines is 1. The molecule has 0 spiro atoms. The molecule has 1 rings (SSSR count). The summed E-state index contributed by atoms with van der Waals surface area (Å²) in [5.74, 6) is 2.26. The van der Waals surface area contributed by atoms with Gasteiger partial charge in [0.15, 0.2) is 17.5 Å². The van der Waals surface area contributed by atoms with Gasteiger partial charge >= 0.3 is 0 Å². The minimum Gasteiger partial charge on any atom is -0.493 e. The number of nitrogens with zero attached hydrogens (tertiary/aromatic N) is 2. The second-order valence-corrected chi connectivity index (χ2v) is 5.92. The van der Waals surface area contributed by atoms with Crippen molar-refractivity contribution in [2.24, 2.45) is 4.99 Å². The van der Waals surface area contributed by atoms with E-state index in [1.54, 1.807) is 7.11 Å². The quantitative estimate of drug-likeness (QED) is 0.337. The number of unbranched alkanes of at least 4 members (excludes halogenated alkanes) is 1. The van der Waals surface area contributed by atoms with Crippen LogP contribution in [0.1, 0.15) is 40.5 Å². The average molecular weight is 365 g/mol. The van der Waals surface area contributed by atoms with Crippen LogP contribution in [-0.4, -0.2) is 57.3 Å². The molecule has 0 aliphatic carbocycles. The number of nitrogens with one attached hydrogen (secondary N) is 2. The van der Waals surface area contributed by atoms with Crippen LogP contribution >= 0.6 is 0 Å². The van der Waals surface area contributed by atoms with Gasteiger partial charge in [0.1, 0.15) is 0 Å². The Hall–Kier alpha value is -1.95. The van der Waals surface area contributed by atoms with Crippen LogP contribution in [0.15, 0.2) is 23.2 Å². The molecule has 2 N–H and O–H groups in total. The summed E-state index contributed by atoms with van der Waals surface area (Å²) in [5, 5.41) is 6.63. The predicted molar refractivity (Wildman–Crippen MR) is 111 cm³/mol. The van der Waals surface area contributed by atoms with Gasteiger partial charge in [0.05, 0.1) is 13.7 Å². The third-order valence-electron chi connectivity index (χ3n) is 4.12. The van der Waals surface area contributed by atoms with Gasteiger partial charge in [-0.25, -0.2) is 0 Å². The highest BCUT2D eigenvalue weighted by atomic mass is 16.5. The van der Waals surface area contributed by atoms with E-state index in [0.717, 1.165) is 56.5 Å². The lowest BCUT2D eigenvalue weighted by Crippen LogP contribution is -2.30. The summed E-state index contributed by atoms with van der Waals surface area (Å²) in [4.78, 5) is 7.12. The van der Waals surface area contributed by atoms with E-state index >= 15 is 0 Å². The fourth-order valence-corrected chi connectivity index (χ4v) is 2.64. The van der Waals surface area contributed by atoms with Gasteiger partial charge in [0.2, 0.25) is 0 Å².